The molecule has 0 saturated carbocycles. The first kappa shape index (κ1) is 22.3. The smallest absolute Gasteiger partial charge is 0.315 e. The number of nitrogens with one attached hydrogen (secondary N) is 2. The van der Waals surface area contributed by atoms with Gasteiger partial charge in [0.15, 0.2) is 0 Å². The zero-order chi connectivity index (χ0) is 21.1. The molecule has 0 aliphatic heterocycles. The minimum atomic E-state index is -0.340. The predicted molar refractivity (Wildman–Crippen MR) is 115 cm³/mol. The van der Waals surface area contributed by atoms with Gasteiger partial charge in [-0.2, -0.15) is 0 Å². The third-order valence-corrected chi connectivity index (χ3v) is 4.52. The molecule has 0 atom stereocenters. The molecule has 0 aliphatic rings. The van der Waals surface area contributed by atoms with E-state index in [0.717, 1.165) is 5.75 Å². The molecule has 2 aromatic carbocycles. The summed E-state index contributed by atoms with van der Waals surface area (Å²) in [5.41, 5.74) is 1.70. The largest absolute Gasteiger partial charge is 0.494 e. The zero-order valence-electron chi connectivity index (χ0n) is 16.4. The van der Waals surface area contributed by atoms with E-state index < -0.39 is 0 Å². The van der Waals surface area contributed by atoms with Crippen molar-refractivity contribution in [3.05, 3.63) is 54.1 Å². The first-order valence-corrected chi connectivity index (χ1v) is 10.3. The molecular weight excluding hydrogens is 392 g/mol. The minimum absolute atomic E-state index is 0.131. The van der Waals surface area contributed by atoms with Crippen molar-refractivity contribution >= 4 is 40.9 Å². The molecule has 29 heavy (non-hydrogen) atoms. The Morgan fingerprint density at radius 2 is 1.45 bits per heavy atom. The summed E-state index contributed by atoms with van der Waals surface area (Å²) >= 11 is 1.18. The Labute approximate surface area is 174 Å². The van der Waals surface area contributed by atoms with Gasteiger partial charge in [-0.1, -0.05) is 0 Å². The lowest BCUT2D eigenvalue weighted by Gasteiger charge is -2.08. The number of ether oxygens (including phenoxy) is 2. The summed E-state index contributed by atoms with van der Waals surface area (Å²) in [6, 6.07) is 13.7. The average Bonchev–Trinajstić information content (AvgIpc) is 2.70. The number of benzene rings is 2. The molecule has 8 heteroatoms. The highest BCUT2D eigenvalue weighted by atomic mass is 32.2. The van der Waals surface area contributed by atoms with E-state index in [2.05, 4.69) is 10.6 Å². The van der Waals surface area contributed by atoms with Gasteiger partial charge >= 0.3 is 5.97 Å². The number of anilines is 2. The van der Waals surface area contributed by atoms with Gasteiger partial charge in [0.05, 0.1) is 24.7 Å². The van der Waals surface area contributed by atoms with Gasteiger partial charge in [-0.15, -0.1) is 11.8 Å². The zero-order valence-corrected chi connectivity index (χ0v) is 17.2. The topological polar surface area (TPSA) is 93.7 Å². The number of carbonyl (C=O) groups excluding carboxylic acids is 3. The van der Waals surface area contributed by atoms with Crippen LogP contribution in [0.5, 0.6) is 5.75 Å². The number of esters is 1. The molecule has 7 nitrogen and oxygen atoms in total. The lowest BCUT2D eigenvalue weighted by Crippen LogP contribution is -2.16. The number of carbonyl (C=O) groups is 3. The van der Waals surface area contributed by atoms with Gasteiger partial charge in [0.25, 0.3) is 5.91 Å². The maximum Gasteiger partial charge on any atom is 0.315 e. The lowest BCUT2D eigenvalue weighted by molar-refractivity contribution is -0.139. The van der Waals surface area contributed by atoms with Crippen molar-refractivity contribution in [2.24, 2.45) is 0 Å². The van der Waals surface area contributed by atoms with Crippen LogP contribution >= 0.6 is 11.8 Å². The van der Waals surface area contributed by atoms with Gasteiger partial charge in [-0.05, 0) is 62.4 Å². The van der Waals surface area contributed by atoms with Crippen LogP contribution in [0.3, 0.4) is 0 Å². The van der Waals surface area contributed by atoms with Crippen LogP contribution < -0.4 is 15.4 Å². The summed E-state index contributed by atoms with van der Waals surface area (Å²) in [6.07, 6.45) is 0. The number of rotatable bonds is 10. The first-order chi connectivity index (χ1) is 14.0. The molecule has 0 saturated heterocycles. The fourth-order valence-corrected chi connectivity index (χ4v) is 2.95. The van der Waals surface area contributed by atoms with Crippen LogP contribution in [0.1, 0.15) is 24.2 Å². The first-order valence-electron chi connectivity index (χ1n) is 9.19. The highest BCUT2D eigenvalue weighted by molar-refractivity contribution is 8.00. The van der Waals surface area contributed by atoms with E-state index in [1.54, 1.807) is 55.5 Å². The summed E-state index contributed by atoms with van der Waals surface area (Å²) in [4.78, 5) is 35.5. The van der Waals surface area contributed by atoms with Crippen LogP contribution in [0.2, 0.25) is 0 Å². The maximum atomic E-state index is 12.3. The Morgan fingerprint density at radius 3 is 2.07 bits per heavy atom. The summed E-state index contributed by atoms with van der Waals surface area (Å²) in [5.74, 6) is 0.187. The van der Waals surface area contributed by atoms with Gasteiger partial charge in [0, 0.05) is 16.9 Å². The SMILES string of the molecule is CCOC(=O)CSCC(=O)Nc1ccc(C(=O)Nc2ccc(OCC)cc2)cc1. The van der Waals surface area contributed by atoms with E-state index in [4.69, 9.17) is 9.47 Å². The molecule has 0 unspecified atom stereocenters. The minimum Gasteiger partial charge on any atom is -0.494 e. The van der Waals surface area contributed by atoms with Gasteiger partial charge in [-0.3, -0.25) is 14.4 Å². The molecule has 0 heterocycles. The average molecular weight is 416 g/mol. The molecule has 0 aromatic heterocycles. The molecule has 0 spiro atoms. The molecular formula is C21H24N2O5S. The summed E-state index contributed by atoms with van der Waals surface area (Å²) in [6.45, 7) is 4.55. The van der Waals surface area contributed by atoms with Crippen LogP contribution in [0.15, 0.2) is 48.5 Å². The van der Waals surface area contributed by atoms with Crippen molar-refractivity contribution in [2.45, 2.75) is 13.8 Å². The van der Waals surface area contributed by atoms with E-state index >= 15 is 0 Å². The standard InChI is InChI=1S/C21H24N2O5S/c1-3-27-18-11-9-17(10-12-18)23-21(26)15-5-7-16(8-6-15)22-19(24)13-29-14-20(25)28-4-2/h5-12H,3-4,13-14H2,1-2H3,(H,22,24)(H,23,26). The summed E-state index contributed by atoms with van der Waals surface area (Å²) in [5, 5.41) is 5.53. The van der Waals surface area contributed by atoms with E-state index in [9.17, 15) is 14.4 Å². The van der Waals surface area contributed by atoms with Crippen molar-refractivity contribution in [1.82, 2.24) is 0 Å². The second-order valence-electron chi connectivity index (χ2n) is 5.83. The second kappa shape index (κ2) is 11.8. The molecule has 0 fully saturated rings. The number of amides is 2. The molecule has 2 N–H and O–H groups in total. The van der Waals surface area contributed by atoms with E-state index in [0.29, 0.717) is 30.2 Å². The highest BCUT2D eigenvalue weighted by Crippen LogP contribution is 2.17. The van der Waals surface area contributed by atoms with E-state index in [1.165, 1.54) is 11.8 Å². The van der Waals surface area contributed by atoms with Crippen LogP contribution in [0.4, 0.5) is 11.4 Å². The quantitative estimate of drug-likeness (QED) is 0.575. The van der Waals surface area contributed by atoms with Crippen molar-refractivity contribution in [2.75, 3.05) is 35.4 Å². The molecule has 0 aliphatic carbocycles. The fraction of sp³-hybridized carbons (Fsp3) is 0.286. The van der Waals surface area contributed by atoms with Crippen molar-refractivity contribution in [1.29, 1.82) is 0 Å². The van der Waals surface area contributed by atoms with Gasteiger partial charge in [0.1, 0.15) is 5.75 Å². The van der Waals surface area contributed by atoms with Crippen molar-refractivity contribution in [3.63, 3.8) is 0 Å². The van der Waals surface area contributed by atoms with E-state index in [-0.39, 0.29) is 29.3 Å². The van der Waals surface area contributed by atoms with Gasteiger partial charge < -0.3 is 20.1 Å². The third-order valence-electron chi connectivity index (χ3n) is 3.61. The number of hydrogen-bond donors (Lipinski definition) is 2. The predicted octanol–water partition coefficient (Wildman–Crippen LogP) is 3.57. The van der Waals surface area contributed by atoms with Gasteiger partial charge in [0.2, 0.25) is 5.91 Å². The summed E-state index contributed by atoms with van der Waals surface area (Å²) < 4.78 is 10.2. The van der Waals surface area contributed by atoms with E-state index in [1.807, 2.05) is 6.92 Å². The monoisotopic (exact) mass is 416 g/mol. The van der Waals surface area contributed by atoms with Crippen LogP contribution in [0, 0.1) is 0 Å². The second-order valence-corrected chi connectivity index (χ2v) is 6.82. The Bertz CT molecular complexity index is 822. The number of thioether (sulfide) groups is 1. The lowest BCUT2D eigenvalue weighted by atomic mass is 10.2. The molecule has 0 radical (unpaired) electrons. The van der Waals surface area contributed by atoms with Crippen molar-refractivity contribution in [3.8, 4) is 5.75 Å². The maximum absolute atomic E-state index is 12.3. The molecule has 0 bridgehead atoms. The van der Waals surface area contributed by atoms with Gasteiger partial charge in [-0.25, -0.2) is 0 Å². The van der Waals surface area contributed by atoms with Crippen LogP contribution in [0.25, 0.3) is 0 Å². The Kier molecular flexibility index (Phi) is 9.04. The summed E-state index contributed by atoms with van der Waals surface area (Å²) in [7, 11) is 0. The normalized spacial score (nSPS) is 10.1. The Balaban J connectivity index is 1.81. The number of hydrogen-bond acceptors (Lipinski definition) is 6. The van der Waals surface area contributed by atoms with Crippen molar-refractivity contribution < 1.29 is 23.9 Å². The molecule has 2 aromatic rings. The highest BCUT2D eigenvalue weighted by Gasteiger charge is 2.09. The Morgan fingerprint density at radius 1 is 0.828 bits per heavy atom. The molecule has 154 valence electrons. The fourth-order valence-electron chi connectivity index (χ4n) is 2.34. The molecule has 2 amide bonds. The Hall–Kier alpha value is -3.00. The van der Waals surface area contributed by atoms with Crippen LogP contribution in [-0.2, 0) is 14.3 Å². The third kappa shape index (κ3) is 7.87. The molecule has 2 rings (SSSR count). The van der Waals surface area contributed by atoms with Crippen LogP contribution in [-0.4, -0.2) is 42.5 Å².